The van der Waals surface area contributed by atoms with Crippen molar-refractivity contribution in [2.45, 2.75) is 19.4 Å². The van der Waals surface area contributed by atoms with Gasteiger partial charge in [-0.05, 0) is 49.7 Å². The van der Waals surface area contributed by atoms with Crippen molar-refractivity contribution in [2.75, 3.05) is 18.4 Å². The first kappa shape index (κ1) is 13.1. The molecule has 2 N–H and O–H groups in total. The van der Waals surface area contributed by atoms with Gasteiger partial charge < -0.3 is 10.6 Å². The van der Waals surface area contributed by atoms with E-state index >= 15 is 0 Å². The summed E-state index contributed by atoms with van der Waals surface area (Å²) in [7, 11) is 0. The van der Waals surface area contributed by atoms with Gasteiger partial charge in [0.25, 0.3) is 0 Å². The van der Waals surface area contributed by atoms with Crippen molar-refractivity contribution in [1.29, 1.82) is 0 Å². The molecule has 96 valence electrons. The number of aromatic nitrogens is 1. The number of halogens is 1. The Labute approximate surface area is 113 Å². The lowest BCUT2D eigenvalue weighted by Crippen LogP contribution is -2.21. The number of hydrogen-bond donors (Lipinski definition) is 2. The summed E-state index contributed by atoms with van der Waals surface area (Å²) >= 11 is 0. The third kappa shape index (κ3) is 2.74. The van der Waals surface area contributed by atoms with Gasteiger partial charge in [0.2, 0.25) is 0 Å². The van der Waals surface area contributed by atoms with Gasteiger partial charge in [-0.1, -0.05) is 0 Å². The number of pyridine rings is 1. The molecule has 1 atom stereocenters. The summed E-state index contributed by atoms with van der Waals surface area (Å²) in [5, 5.41) is 8.14. The summed E-state index contributed by atoms with van der Waals surface area (Å²) in [5.74, 6) is 0. The van der Waals surface area contributed by atoms with E-state index in [1.807, 2.05) is 6.20 Å². The average molecular weight is 264 g/mol. The Bertz CT molecular complexity index is 536. The van der Waals surface area contributed by atoms with Gasteiger partial charge in [-0.3, -0.25) is 4.98 Å². The van der Waals surface area contributed by atoms with Crippen LogP contribution in [0, 0.1) is 6.92 Å². The molecule has 0 radical (unpaired) electrons. The molecule has 2 aromatic rings. The van der Waals surface area contributed by atoms with E-state index in [2.05, 4.69) is 46.8 Å². The van der Waals surface area contributed by atoms with E-state index in [0.717, 1.165) is 18.6 Å². The highest BCUT2D eigenvalue weighted by molar-refractivity contribution is 5.85. The number of nitrogens with zero attached hydrogens (tertiary/aromatic N) is 1. The van der Waals surface area contributed by atoms with E-state index in [-0.39, 0.29) is 12.4 Å². The smallest absolute Gasteiger partial charge is 0.0703 e. The molecule has 0 aliphatic carbocycles. The van der Waals surface area contributed by atoms with E-state index in [0.29, 0.717) is 6.04 Å². The highest BCUT2D eigenvalue weighted by atomic mass is 35.5. The number of aryl methyl sites for hydroxylation is 1. The summed E-state index contributed by atoms with van der Waals surface area (Å²) in [6.45, 7) is 4.25. The van der Waals surface area contributed by atoms with Crippen LogP contribution in [-0.2, 0) is 0 Å². The molecule has 1 fully saturated rings. The summed E-state index contributed by atoms with van der Waals surface area (Å²) in [5.41, 5.74) is 3.46. The van der Waals surface area contributed by atoms with E-state index in [1.165, 1.54) is 23.1 Å². The van der Waals surface area contributed by atoms with Crippen LogP contribution in [0.2, 0.25) is 0 Å². The molecule has 3 nitrogen and oxygen atoms in total. The fraction of sp³-hybridized carbons (Fsp3) is 0.357. The Kier molecular flexibility index (Phi) is 4.04. The number of benzene rings is 1. The lowest BCUT2D eigenvalue weighted by atomic mass is 10.1. The first-order valence-corrected chi connectivity index (χ1v) is 6.15. The minimum absolute atomic E-state index is 0. The summed E-state index contributed by atoms with van der Waals surface area (Å²) in [6, 6.07) is 9.13. The SMILES string of the molecule is Cc1cnc2ccc(NC3CCNC3)cc2c1.Cl. The van der Waals surface area contributed by atoms with Crippen molar-refractivity contribution in [3.63, 3.8) is 0 Å². The molecule has 0 amide bonds. The van der Waals surface area contributed by atoms with E-state index < -0.39 is 0 Å². The highest BCUT2D eigenvalue weighted by Crippen LogP contribution is 2.19. The number of fused-ring (bicyclic) bond motifs is 1. The fourth-order valence-electron chi connectivity index (χ4n) is 2.34. The first-order chi connectivity index (χ1) is 8.31. The summed E-state index contributed by atoms with van der Waals surface area (Å²) in [4.78, 5) is 4.41. The maximum Gasteiger partial charge on any atom is 0.0703 e. The topological polar surface area (TPSA) is 37.0 Å². The zero-order valence-corrected chi connectivity index (χ0v) is 11.3. The van der Waals surface area contributed by atoms with E-state index in [9.17, 15) is 0 Å². The van der Waals surface area contributed by atoms with Gasteiger partial charge in [-0.25, -0.2) is 0 Å². The van der Waals surface area contributed by atoms with Crippen molar-refractivity contribution in [2.24, 2.45) is 0 Å². The molecule has 1 aliphatic rings. The van der Waals surface area contributed by atoms with Crippen LogP contribution in [0.3, 0.4) is 0 Å². The molecule has 1 saturated heterocycles. The van der Waals surface area contributed by atoms with Crippen LogP contribution in [-0.4, -0.2) is 24.1 Å². The van der Waals surface area contributed by atoms with Crippen LogP contribution in [0.25, 0.3) is 10.9 Å². The van der Waals surface area contributed by atoms with Gasteiger partial charge in [0, 0.05) is 29.9 Å². The molecule has 0 bridgehead atoms. The second-order valence-corrected chi connectivity index (χ2v) is 4.75. The zero-order valence-electron chi connectivity index (χ0n) is 10.4. The lowest BCUT2D eigenvalue weighted by Gasteiger charge is -2.13. The van der Waals surface area contributed by atoms with Crippen LogP contribution in [0.4, 0.5) is 5.69 Å². The standard InChI is InChI=1S/C14H17N3.ClH/c1-10-6-11-7-12(2-3-14(11)16-8-10)17-13-4-5-15-9-13;/h2-3,6-8,13,15,17H,4-5,9H2,1H3;1H. The summed E-state index contributed by atoms with van der Waals surface area (Å²) in [6.07, 6.45) is 3.11. The third-order valence-electron chi connectivity index (χ3n) is 3.25. The van der Waals surface area contributed by atoms with Crippen molar-refractivity contribution in [3.8, 4) is 0 Å². The summed E-state index contributed by atoms with van der Waals surface area (Å²) < 4.78 is 0. The van der Waals surface area contributed by atoms with Crippen molar-refractivity contribution in [1.82, 2.24) is 10.3 Å². The molecule has 0 spiro atoms. The van der Waals surface area contributed by atoms with Gasteiger partial charge in [0.1, 0.15) is 0 Å². The van der Waals surface area contributed by atoms with Crippen LogP contribution in [0.5, 0.6) is 0 Å². The highest BCUT2D eigenvalue weighted by Gasteiger charge is 2.13. The number of hydrogen-bond acceptors (Lipinski definition) is 3. The van der Waals surface area contributed by atoms with Gasteiger partial charge >= 0.3 is 0 Å². The van der Waals surface area contributed by atoms with Crippen LogP contribution in [0.1, 0.15) is 12.0 Å². The van der Waals surface area contributed by atoms with E-state index in [1.54, 1.807) is 0 Å². The molecule has 1 unspecified atom stereocenters. The predicted octanol–water partition coefficient (Wildman–Crippen LogP) is 2.74. The van der Waals surface area contributed by atoms with Crippen LogP contribution < -0.4 is 10.6 Å². The van der Waals surface area contributed by atoms with Crippen molar-refractivity contribution >= 4 is 29.0 Å². The Morgan fingerprint density at radius 2 is 2.22 bits per heavy atom. The Balaban J connectivity index is 0.00000120. The van der Waals surface area contributed by atoms with Crippen LogP contribution >= 0.6 is 12.4 Å². The maximum atomic E-state index is 4.41. The van der Waals surface area contributed by atoms with Gasteiger partial charge in [0.05, 0.1) is 5.52 Å². The molecule has 0 saturated carbocycles. The molecule has 18 heavy (non-hydrogen) atoms. The Hall–Kier alpha value is -1.32. The predicted molar refractivity (Wildman–Crippen MR) is 78.6 cm³/mol. The lowest BCUT2D eigenvalue weighted by molar-refractivity contribution is 0.793. The minimum Gasteiger partial charge on any atom is -0.381 e. The minimum atomic E-state index is 0. The monoisotopic (exact) mass is 263 g/mol. The molecule has 3 rings (SSSR count). The molecular formula is C14H18ClN3. The first-order valence-electron chi connectivity index (χ1n) is 6.15. The molecule has 4 heteroatoms. The molecule has 2 heterocycles. The second kappa shape index (κ2) is 5.55. The second-order valence-electron chi connectivity index (χ2n) is 4.75. The average Bonchev–Trinajstić information content (AvgIpc) is 2.81. The van der Waals surface area contributed by atoms with Gasteiger partial charge in [0.15, 0.2) is 0 Å². The Morgan fingerprint density at radius 1 is 1.33 bits per heavy atom. The van der Waals surface area contributed by atoms with Gasteiger partial charge in [-0.15, -0.1) is 12.4 Å². The quantitative estimate of drug-likeness (QED) is 0.875. The normalized spacial score (nSPS) is 18.6. The third-order valence-corrected chi connectivity index (χ3v) is 3.25. The van der Waals surface area contributed by atoms with Crippen molar-refractivity contribution in [3.05, 3.63) is 36.0 Å². The molecule has 1 aliphatic heterocycles. The number of anilines is 1. The molecule has 1 aromatic heterocycles. The number of nitrogens with one attached hydrogen (secondary N) is 2. The van der Waals surface area contributed by atoms with Crippen molar-refractivity contribution < 1.29 is 0 Å². The molecule has 1 aromatic carbocycles. The van der Waals surface area contributed by atoms with Crippen LogP contribution in [0.15, 0.2) is 30.5 Å². The fourth-order valence-corrected chi connectivity index (χ4v) is 2.34. The number of rotatable bonds is 2. The largest absolute Gasteiger partial charge is 0.381 e. The maximum absolute atomic E-state index is 4.41. The molecular weight excluding hydrogens is 246 g/mol. The Morgan fingerprint density at radius 3 is 3.00 bits per heavy atom. The van der Waals surface area contributed by atoms with Gasteiger partial charge in [-0.2, -0.15) is 0 Å². The van der Waals surface area contributed by atoms with E-state index in [4.69, 9.17) is 0 Å². The zero-order chi connectivity index (χ0) is 11.7.